The number of para-hydroxylation sites is 2. The van der Waals surface area contributed by atoms with Crippen LogP contribution in [0.4, 0.5) is 28.6 Å². The number of hydrogen-bond acceptors (Lipinski definition) is 6. The van der Waals surface area contributed by atoms with Crippen molar-refractivity contribution in [2.75, 3.05) is 16.7 Å². The molecule has 0 saturated heterocycles. The quantitative estimate of drug-likeness (QED) is 0.492. The molecule has 1 N–H and O–H groups in total. The smallest absolute Gasteiger partial charge is 0.269 e. The van der Waals surface area contributed by atoms with Crippen LogP contribution >= 0.6 is 0 Å². The molecule has 0 spiro atoms. The fourth-order valence-electron chi connectivity index (χ4n) is 4.09. The van der Waals surface area contributed by atoms with Crippen molar-refractivity contribution in [3.63, 3.8) is 0 Å². The van der Waals surface area contributed by atoms with Crippen molar-refractivity contribution in [2.45, 2.75) is 37.9 Å². The highest BCUT2D eigenvalue weighted by molar-refractivity contribution is 7.93. The molecular formula is C25H24N6O2S. The second-order valence-corrected chi connectivity index (χ2v) is 10.9. The summed E-state index contributed by atoms with van der Waals surface area (Å²) < 4.78 is 27.1. The normalized spacial score (nSPS) is 14.8. The Morgan fingerprint density at radius 1 is 1.09 bits per heavy atom. The number of pyridine rings is 2. The Morgan fingerprint density at radius 2 is 1.88 bits per heavy atom. The lowest BCUT2D eigenvalue weighted by Gasteiger charge is -2.23. The van der Waals surface area contributed by atoms with Crippen LogP contribution in [-0.2, 0) is 22.9 Å². The molecule has 0 unspecified atom stereocenters. The Morgan fingerprint density at radius 3 is 2.65 bits per heavy atom. The Balaban J connectivity index is 1.51. The summed E-state index contributed by atoms with van der Waals surface area (Å²) in [5.74, 6) is 0.352. The maximum atomic E-state index is 12.9. The van der Waals surface area contributed by atoms with Crippen molar-refractivity contribution in [3.8, 4) is 0 Å². The molecule has 3 aromatic rings. The van der Waals surface area contributed by atoms with E-state index in [0.717, 1.165) is 34.2 Å². The number of anilines is 3. The number of fused-ring (bicyclic) bond motifs is 1. The Labute approximate surface area is 199 Å². The number of hydrogen-bond donors (Lipinski definition) is 1. The second kappa shape index (κ2) is 8.54. The molecule has 0 atom stereocenters. The van der Waals surface area contributed by atoms with Crippen LogP contribution in [0.5, 0.6) is 0 Å². The van der Waals surface area contributed by atoms with Crippen molar-refractivity contribution in [2.24, 2.45) is 4.99 Å². The van der Waals surface area contributed by atoms with E-state index in [0.29, 0.717) is 42.9 Å². The number of nitrogens with zero attached hydrogens (tertiary/aromatic N) is 5. The number of benzene rings is 1. The molecule has 34 heavy (non-hydrogen) atoms. The predicted molar refractivity (Wildman–Crippen MR) is 134 cm³/mol. The molecule has 0 bridgehead atoms. The third-order valence-electron chi connectivity index (χ3n) is 5.95. The van der Waals surface area contributed by atoms with Gasteiger partial charge < -0.3 is 10.2 Å². The van der Waals surface area contributed by atoms with E-state index in [9.17, 15) is 8.42 Å². The van der Waals surface area contributed by atoms with Gasteiger partial charge >= 0.3 is 0 Å². The monoisotopic (exact) mass is 472 g/mol. The van der Waals surface area contributed by atoms with Gasteiger partial charge in [-0.2, -0.15) is 0 Å². The number of sulfonamides is 1. The van der Waals surface area contributed by atoms with Crippen LogP contribution in [0.3, 0.4) is 0 Å². The Kier molecular flexibility index (Phi) is 5.54. The lowest BCUT2D eigenvalue weighted by atomic mass is 10.1. The van der Waals surface area contributed by atoms with E-state index in [-0.39, 0.29) is 5.25 Å². The molecule has 1 aliphatic carbocycles. The second-order valence-electron chi connectivity index (χ2n) is 8.61. The molecule has 1 aliphatic heterocycles. The zero-order valence-corrected chi connectivity index (χ0v) is 19.8. The van der Waals surface area contributed by atoms with Crippen LogP contribution in [0.25, 0.3) is 4.85 Å². The van der Waals surface area contributed by atoms with E-state index in [1.807, 2.05) is 43.3 Å². The third kappa shape index (κ3) is 4.24. The van der Waals surface area contributed by atoms with Gasteiger partial charge in [0.25, 0.3) is 5.82 Å². The zero-order chi connectivity index (χ0) is 23.9. The summed E-state index contributed by atoms with van der Waals surface area (Å²) in [6, 6.07) is 14.7. The lowest BCUT2D eigenvalue weighted by molar-refractivity contribution is 0.593. The first-order chi connectivity index (χ1) is 16.3. The van der Waals surface area contributed by atoms with Crippen molar-refractivity contribution in [1.82, 2.24) is 9.97 Å². The molecule has 2 aliphatic rings. The largest absolute Gasteiger partial charge is 0.361 e. The van der Waals surface area contributed by atoms with Crippen LogP contribution in [-0.4, -0.2) is 36.4 Å². The maximum Gasteiger partial charge on any atom is 0.269 e. The summed E-state index contributed by atoms with van der Waals surface area (Å²) in [5, 5.41) is 3.13. The summed E-state index contributed by atoms with van der Waals surface area (Å²) in [4.78, 5) is 17.3. The predicted octanol–water partition coefficient (Wildman–Crippen LogP) is 4.94. The Bertz CT molecular complexity index is 1450. The summed E-state index contributed by atoms with van der Waals surface area (Å²) >= 11 is 0. The van der Waals surface area contributed by atoms with Crippen LogP contribution in [0, 0.1) is 6.57 Å². The molecule has 0 radical (unpaired) electrons. The van der Waals surface area contributed by atoms with Gasteiger partial charge in [-0.25, -0.2) is 8.42 Å². The van der Waals surface area contributed by atoms with Crippen LogP contribution in [0.1, 0.15) is 36.8 Å². The maximum absolute atomic E-state index is 12.9. The van der Waals surface area contributed by atoms with Crippen molar-refractivity contribution >= 4 is 44.3 Å². The topological polar surface area (TPSA) is 91.9 Å². The summed E-state index contributed by atoms with van der Waals surface area (Å²) in [5.41, 5.74) is 6.21. The molecule has 1 saturated carbocycles. The fourth-order valence-corrected chi connectivity index (χ4v) is 5.71. The van der Waals surface area contributed by atoms with Gasteiger partial charge in [0.05, 0.1) is 40.1 Å². The summed E-state index contributed by atoms with van der Waals surface area (Å²) in [6.45, 7) is 9.17. The minimum Gasteiger partial charge on any atom is -0.361 e. The van der Waals surface area contributed by atoms with Crippen molar-refractivity contribution < 1.29 is 8.42 Å². The standard InChI is InChI=1S/C25H24N6O2S/c1-16-13-21-25(27-16)22(15-18(28-21)14-17-7-6-10-24(26-2)29-17)30-20-8-4-5-9-23(20)31(3)34(32,33)19-11-12-19/h4-10,15,19H,11-14H2,1,3H3,(H,28,30). The molecule has 5 rings (SSSR count). The molecule has 1 fully saturated rings. The van der Waals surface area contributed by atoms with Gasteiger partial charge in [-0.3, -0.25) is 14.3 Å². The third-order valence-corrected chi connectivity index (χ3v) is 8.23. The number of nitrogens with one attached hydrogen (secondary N) is 1. The SMILES string of the molecule is [C-]#[N+]c1cccc(Cc2cc(Nc3ccccc3N(C)S(=O)(=O)C3CC3)c3c(n2)CC(C)=N3)n1. The van der Waals surface area contributed by atoms with Gasteiger partial charge in [0.2, 0.25) is 10.0 Å². The number of rotatable bonds is 7. The molecule has 8 nitrogen and oxygen atoms in total. The van der Waals surface area contributed by atoms with Gasteiger partial charge in [0, 0.05) is 19.2 Å². The highest BCUT2D eigenvalue weighted by atomic mass is 32.2. The van der Waals surface area contributed by atoms with Crippen LogP contribution in [0.15, 0.2) is 53.5 Å². The molecule has 0 amide bonds. The van der Waals surface area contributed by atoms with Gasteiger partial charge in [-0.15, -0.1) is 4.98 Å². The van der Waals surface area contributed by atoms with Crippen molar-refractivity contribution in [1.29, 1.82) is 0 Å². The van der Waals surface area contributed by atoms with E-state index < -0.39 is 10.0 Å². The van der Waals surface area contributed by atoms with Crippen LogP contribution in [0.2, 0.25) is 0 Å². The minimum absolute atomic E-state index is 0.298. The lowest BCUT2D eigenvalue weighted by Crippen LogP contribution is -2.30. The molecule has 1 aromatic carbocycles. The van der Waals surface area contributed by atoms with E-state index in [1.54, 1.807) is 19.2 Å². The highest BCUT2D eigenvalue weighted by Gasteiger charge is 2.39. The van der Waals surface area contributed by atoms with Gasteiger partial charge in [0.15, 0.2) is 0 Å². The first-order valence-corrected chi connectivity index (χ1v) is 12.6. The highest BCUT2D eigenvalue weighted by Crippen LogP contribution is 2.40. The average molecular weight is 473 g/mol. The molecule has 172 valence electrons. The average Bonchev–Trinajstić information content (AvgIpc) is 3.62. The zero-order valence-electron chi connectivity index (χ0n) is 19.0. The van der Waals surface area contributed by atoms with Gasteiger partial charge in [-0.1, -0.05) is 24.8 Å². The van der Waals surface area contributed by atoms with E-state index >= 15 is 0 Å². The van der Waals surface area contributed by atoms with Gasteiger partial charge in [0.1, 0.15) is 11.4 Å². The first-order valence-electron chi connectivity index (χ1n) is 11.1. The molecule has 2 aromatic heterocycles. The Hall–Kier alpha value is -3.77. The first kappa shape index (κ1) is 22.0. The number of aliphatic imine (C=N–C) groups is 1. The molecule has 9 heteroatoms. The fraction of sp³-hybridized carbons (Fsp3) is 0.280. The minimum atomic E-state index is -3.39. The molecule has 3 heterocycles. The van der Waals surface area contributed by atoms with E-state index in [4.69, 9.17) is 11.6 Å². The van der Waals surface area contributed by atoms with Gasteiger partial charge in [-0.05, 0) is 50.1 Å². The van der Waals surface area contributed by atoms with Crippen molar-refractivity contribution in [3.05, 3.63) is 77.0 Å². The summed E-state index contributed by atoms with van der Waals surface area (Å²) in [7, 11) is -1.78. The van der Waals surface area contributed by atoms with E-state index in [2.05, 4.69) is 20.1 Å². The van der Waals surface area contributed by atoms with E-state index in [1.165, 1.54) is 4.31 Å². The molecular weight excluding hydrogens is 448 g/mol. The number of aromatic nitrogens is 2. The summed E-state index contributed by atoms with van der Waals surface area (Å²) in [6.07, 6.45) is 2.55. The van der Waals surface area contributed by atoms with Crippen LogP contribution < -0.4 is 9.62 Å².